The summed E-state index contributed by atoms with van der Waals surface area (Å²) >= 11 is 1.90. The Hall–Kier alpha value is -7.82. The first kappa shape index (κ1) is 37.4. The Morgan fingerprint density at radius 3 is 1.48 bits per heavy atom. The van der Waals surface area contributed by atoms with E-state index in [4.69, 9.17) is 0 Å². The highest BCUT2D eigenvalue weighted by molar-refractivity contribution is 7.26. The minimum absolute atomic E-state index is 1.18. The lowest BCUT2D eigenvalue weighted by atomic mass is 9.85. The number of para-hydroxylation sites is 1. The molecular weight excluding hydrogens is 843 g/mol. The lowest BCUT2D eigenvalue weighted by Gasteiger charge is -2.21. The summed E-state index contributed by atoms with van der Waals surface area (Å²) < 4.78 is 5.15. The fourth-order valence-corrected chi connectivity index (χ4v) is 16.6. The van der Waals surface area contributed by atoms with Gasteiger partial charge in [0.15, 0.2) is 0 Å². The number of thiophene rings is 1. The van der Waals surface area contributed by atoms with Crippen molar-refractivity contribution in [1.82, 2.24) is 4.57 Å². The number of fused-ring (bicyclic) bond motifs is 18. The number of benzene rings is 12. The largest absolute Gasteiger partial charge is 0.308 e. The van der Waals surface area contributed by atoms with Gasteiger partial charge in [-0.15, -0.1) is 11.3 Å². The number of hydrogen-bond donors (Lipinski definition) is 0. The second-order valence-corrected chi connectivity index (χ2v) is 24.5. The van der Waals surface area contributed by atoms with Crippen LogP contribution in [0.4, 0.5) is 0 Å². The van der Waals surface area contributed by atoms with Gasteiger partial charge in [-0.25, -0.2) is 0 Å². The topological polar surface area (TPSA) is 4.93 Å². The molecule has 0 radical (unpaired) electrons. The molecule has 1 aliphatic rings. The fourth-order valence-electron chi connectivity index (χ4n) is 12.3. The van der Waals surface area contributed by atoms with Gasteiger partial charge < -0.3 is 4.57 Å². The van der Waals surface area contributed by atoms with Crippen LogP contribution in [0.3, 0.4) is 0 Å². The van der Waals surface area contributed by atoms with Crippen LogP contribution in [0.1, 0.15) is 0 Å². The lowest BCUT2D eigenvalue weighted by molar-refractivity contribution is 1.19. The van der Waals surface area contributed by atoms with E-state index in [1.165, 1.54) is 145 Å². The average molecular weight is 884 g/mol. The van der Waals surface area contributed by atoms with Gasteiger partial charge in [-0.3, -0.25) is 0 Å². The summed E-state index contributed by atoms with van der Waals surface area (Å²) in [5.74, 6) is 0. The van der Waals surface area contributed by atoms with Crippen LogP contribution in [0.15, 0.2) is 212 Å². The monoisotopic (exact) mass is 883 g/mol. The molecule has 14 aromatic rings. The molecule has 67 heavy (non-hydrogen) atoms. The van der Waals surface area contributed by atoms with Crippen molar-refractivity contribution in [2.24, 2.45) is 0 Å². The Labute approximate surface area is 392 Å². The van der Waals surface area contributed by atoms with Crippen LogP contribution in [-0.4, -0.2) is 12.6 Å². The number of hydrogen-bond acceptors (Lipinski definition) is 1. The van der Waals surface area contributed by atoms with Crippen molar-refractivity contribution in [3.8, 4) is 39.1 Å². The molecular formula is C64H41NSSi. The summed E-state index contributed by atoms with van der Waals surface area (Å²) in [6, 6.07) is 80.5. The quantitative estimate of drug-likeness (QED) is 0.0946. The lowest BCUT2D eigenvalue weighted by Crippen LogP contribution is -2.49. The molecule has 0 saturated heterocycles. The van der Waals surface area contributed by atoms with Crippen LogP contribution in [-0.2, 0) is 0 Å². The normalized spacial score (nSPS) is 13.3. The summed E-state index contributed by atoms with van der Waals surface area (Å²) in [7, 11) is -2.03. The van der Waals surface area contributed by atoms with Crippen LogP contribution in [0.5, 0.6) is 0 Å². The van der Waals surface area contributed by atoms with E-state index < -0.39 is 8.07 Å². The summed E-state index contributed by atoms with van der Waals surface area (Å²) in [5, 5.41) is 21.4. The molecule has 0 amide bonds. The van der Waals surface area contributed by atoms with E-state index in [1.807, 2.05) is 11.3 Å². The van der Waals surface area contributed by atoms with Crippen molar-refractivity contribution < 1.29 is 0 Å². The zero-order chi connectivity index (χ0) is 44.1. The third-order valence-electron chi connectivity index (χ3n) is 15.3. The van der Waals surface area contributed by atoms with Gasteiger partial charge in [-0.1, -0.05) is 183 Å². The standard InChI is InChI=1S/C64H41NSSi/c1-67(2)59-33-29-39(35-55(59)56-36-52-43-20-8-6-18-41(43)42-19-7-9-21-44(42)53(52)37-60(56)67)62-48-25-12-10-23-46(48)61(47-24-11-13-26-49(47)62)38-28-32-57-54(34-38)50-30-31-51-45-22-14-15-27-58(45)66-64(51)63(50)65(57)40-16-4-3-5-17-40/h3-37H,1-2H3. The van der Waals surface area contributed by atoms with Crippen LogP contribution in [0.2, 0.25) is 13.1 Å². The first-order valence-corrected chi connectivity index (χ1v) is 27.2. The van der Waals surface area contributed by atoms with Crippen molar-refractivity contribution >= 4 is 126 Å². The molecule has 1 nitrogen and oxygen atoms in total. The highest BCUT2D eigenvalue weighted by Crippen LogP contribution is 2.48. The van der Waals surface area contributed by atoms with E-state index in [1.54, 1.807) is 0 Å². The number of aromatic nitrogens is 1. The molecule has 0 bridgehead atoms. The van der Waals surface area contributed by atoms with Gasteiger partial charge in [0.05, 0.1) is 15.7 Å². The SMILES string of the molecule is C[Si]1(C)c2ccc(-c3c4ccccc4c(-c4ccc5c(c4)c4ccc6c7ccccc7sc6c4n5-c4ccccc4)c4ccccc34)cc2-c2cc3c4ccccc4c4ccccc4c3cc21. The van der Waals surface area contributed by atoms with E-state index in [9.17, 15) is 0 Å². The molecule has 2 aromatic heterocycles. The summed E-state index contributed by atoms with van der Waals surface area (Å²) in [6.07, 6.45) is 0. The predicted octanol–water partition coefficient (Wildman–Crippen LogP) is 17.1. The highest BCUT2D eigenvalue weighted by atomic mass is 32.1. The van der Waals surface area contributed by atoms with E-state index >= 15 is 0 Å². The minimum Gasteiger partial charge on any atom is -0.308 e. The van der Waals surface area contributed by atoms with Gasteiger partial charge in [0.2, 0.25) is 0 Å². The van der Waals surface area contributed by atoms with Crippen LogP contribution < -0.4 is 10.4 Å². The number of rotatable bonds is 3. The molecule has 0 spiro atoms. The van der Waals surface area contributed by atoms with Crippen molar-refractivity contribution in [3.05, 3.63) is 212 Å². The second kappa shape index (κ2) is 13.6. The van der Waals surface area contributed by atoms with Gasteiger partial charge >= 0.3 is 0 Å². The first-order chi connectivity index (χ1) is 33.0. The molecule has 15 rings (SSSR count). The second-order valence-electron chi connectivity index (χ2n) is 19.1. The van der Waals surface area contributed by atoms with E-state index in [0.29, 0.717) is 0 Å². The molecule has 3 heterocycles. The molecule has 312 valence electrons. The summed E-state index contributed by atoms with van der Waals surface area (Å²) in [5.41, 5.74) is 11.6. The van der Waals surface area contributed by atoms with Crippen molar-refractivity contribution in [3.63, 3.8) is 0 Å². The van der Waals surface area contributed by atoms with E-state index in [2.05, 4.69) is 230 Å². The summed E-state index contributed by atoms with van der Waals surface area (Å²) in [6.45, 7) is 5.09. The molecule has 0 N–H and O–H groups in total. The van der Waals surface area contributed by atoms with E-state index in [0.717, 1.165) is 0 Å². The Morgan fingerprint density at radius 1 is 0.343 bits per heavy atom. The van der Waals surface area contributed by atoms with Crippen molar-refractivity contribution in [2.45, 2.75) is 13.1 Å². The zero-order valence-electron chi connectivity index (χ0n) is 37.1. The fraction of sp³-hybridized carbons (Fsp3) is 0.0312. The minimum atomic E-state index is -2.03. The van der Waals surface area contributed by atoms with Gasteiger partial charge in [0.25, 0.3) is 0 Å². The van der Waals surface area contributed by atoms with Crippen LogP contribution in [0, 0.1) is 0 Å². The maximum atomic E-state index is 2.57. The van der Waals surface area contributed by atoms with Gasteiger partial charge in [0, 0.05) is 31.9 Å². The zero-order valence-corrected chi connectivity index (χ0v) is 38.9. The molecule has 0 atom stereocenters. The van der Waals surface area contributed by atoms with Crippen molar-refractivity contribution in [2.75, 3.05) is 0 Å². The van der Waals surface area contributed by atoms with Gasteiger partial charge in [-0.2, -0.15) is 0 Å². The maximum absolute atomic E-state index is 2.57. The Morgan fingerprint density at radius 2 is 0.836 bits per heavy atom. The summed E-state index contributed by atoms with van der Waals surface area (Å²) in [4.78, 5) is 0. The molecule has 12 aromatic carbocycles. The smallest absolute Gasteiger partial charge is 0.113 e. The average Bonchev–Trinajstić information content (AvgIpc) is 4.00. The Kier molecular flexibility index (Phi) is 7.60. The molecule has 0 aliphatic carbocycles. The number of nitrogens with zero attached hydrogens (tertiary/aromatic N) is 1. The first-order valence-electron chi connectivity index (χ1n) is 23.4. The third-order valence-corrected chi connectivity index (χ3v) is 20.1. The third kappa shape index (κ3) is 5.08. The molecule has 0 unspecified atom stereocenters. The predicted molar refractivity (Wildman–Crippen MR) is 294 cm³/mol. The van der Waals surface area contributed by atoms with Crippen LogP contribution >= 0.6 is 11.3 Å². The van der Waals surface area contributed by atoms with Gasteiger partial charge in [-0.05, 0) is 140 Å². The molecule has 1 aliphatic heterocycles. The van der Waals surface area contributed by atoms with Crippen molar-refractivity contribution in [1.29, 1.82) is 0 Å². The molecule has 0 fully saturated rings. The molecule has 0 saturated carbocycles. The highest BCUT2D eigenvalue weighted by Gasteiger charge is 2.38. The van der Waals surface area contributed by atoms with E-state index in [-0.39, 0.29) is 0 Å². The van der Waals surface area contributed by atoms with Gasteiger partial charge in [0.1, 0.15) is 8.07 Å². The Bertz CT molecular complexity index is 4420. The molecule has 3 heteroatoms. The Balaban J connectivity index is 0.967. The van der Waals surface area contributed by atoms with Crippen LogP contribution in [0.25, 0.3) is 135 Å². The maximum Gasteiger partial charge on any atom is 0.113 e.